The topological polar surface area (TPSA) is 48.4 Å². The summed E-state index contributed by atoms with van der Waals surface area (Å²) in [4.78, 5) is 0. The monoisotopic (exact) mass is 245 g/mol. The van der Waals surface area contributed by atoms with Crippen LogP contribution in [0.4, 0.5) is 0 Å². The molecule has 1 aromatic carbocycles. The molecule has 0 amide bonds. The zero-order chi connectivity index (χ0) is 13.1. The maximum atomic E-state index is 6.32. The number of rotatable bonds is 4. The molecule has 1 unspecified atom stereocenters. The fourth-order valence-electron chi connectivity index (χ4n) is 2.08. The van der Waals surface area contributed by atoms with E-state index in [1.807, 2.05) is 39.0 Å². The third kappa shape index (κ3) is 2.41. The van der Waals surface area contributed by atoms with Crippen LogP contribution >= 0.6 is 0 Å². The van der Waals surface area contributed by atoms with Crippen LogP contribution in [0.15, 0.2) is 34.9 Å². The van der Waals surface area contributed by atoms with Crippen LogP contribution in [-0.2, 0) is 0 Å². The van der Waals surface area contributed by atoms with Crippen molar-refractivity contribution in [2.75, 3.05) is 6.61 Å². The van der Waals surface area contributed by atoms with E-state index in [-0.39, 0.29) is 6.04 Å². The summed E-state index contributed by atoms with van der Waals surface area (Å²) in [6.07, 6.45) is 1.67. The number of hydrogen-bond acceptors (Lipinski definition) is 3. The van der Waals surface area contributed by atoms with E-state index in [0.717, 1.165) is 22.6 Å². The molecule has 1 atom stereocenters. The first kappa shape index (κ1) is 12.7. The fraction of sp³-hybridized carbons (Fsp3) is 0.333. The van der Waals surface area contributed by atoms with Gasteiger partial charge in [0.2, 0.25) is 0 Å². The Morgan fingerprint density at radius 3 is 2.61 bits per heavy atom. The summed E-state index contributed by atoms with van der Waals surface area (Å²) in [5.41, 5.74) is 9.50. The van der Waals surface area contributed by atoms with Gasteiger partial charge in [-0.05, 0) is 32.9 Å². The van der Waals surface area contributed by atoms with Gasteiger partial charge in [0.05, 0.1) is 18.9 Å². The van der Waals surface area contributed by atoms with Crippen LogP contribution in [0.1, 0.15) is 35.4 Å². The van der Waals surface area contributed by atoms with Crippen molar-refractivity contribution in [2.24, 2.45) is 5.73 Å². The molecular formula is C15H19NO2. The predicted molar refractivity (Wildman–Crippen MR) is 71.8 cm³/mol. The van der Waals surface area contributed by atoms with Crippen LogP contribution in [0.2, 0.25) is 0 Å². The second-order valence-electron chi connectivity index (χ2n) is 4.38. The highest BCUT2D eigenvalue weighted by Gasteiger charge is 2.17. The van der Waals surface area contributed by atoms with Gasteiger partial charge in [-0.1, -0.05) is 17.7 Å². The Hall–Kier alpha value is -1.74. The first-order chi connectivity index (χ1) is 8.63. The van der Waals surface area contributed by atoms with E-state index in [9.17, 15) is 0 Å². The Bertz CT molecular complexity index is 531. The molecule has 0 aliphatic carbocycles. The van der Waals surface area contributed by atoms with Crippen molar-refractivity contribution in [1.29, 1.82) is 0 Å². The average Bonchev–Trinajstić information content (AvgIpc) is 2.77. The molecule has 1 aromatic heterocycles. The molecule has 96 valence electrons. The van der Waals surface area contributed by atoms with Gasteiger partial charge < -0.3 is 14.9 Å². The summed E-state index contributed by atoms with van der Waals surface area (Å²) in [5.74, 6) is 1.70. The summed E-state index contributed by atoms with van der Waals surface area (Å²) in [7, 11) is 0. The van der Waals surface area contributed by atoms with E-state index in [1.54, 1.807) is 6.26 Å². The first-order valence-corrected chi connectivity index (χ1v) is 6.16. The second kappa shape index (κ2) is 5.27. The molecular weight excluding hydrogens is 226 g/mol. The summed E-state index contributed by atoms with van der Waals surface area (Å²) in [6.45, 7) is 6.57. The first-order valence-electron chi connectivity index (χ1n) is 6.16. The Morgan fingerprint density at radius 1 is 1.22 bits per heavy atom. The number of furan rings is 1. The van der Waals surface area contributed by atoms with Crippen molar-refractivity contribution in [3.8, 4) is 5.75 Å². The Kier molecular flexibility index (Phi) is 3.72. The van der Waals surface area contributed by atoms with Crippen molar-refractivity contribution in [2.45, 2.75) is 26.8 Å². The van der Waals surface area contributed by atoms with Gasteiger partial charge in [0.25, 0.3) is 0 Å². The summed E-state index contributed by atoms with van der Waals surface area (Å²) in [6, 6.07) is 7.78. The molecule has 0 bridgehead atoms. The number of aryl methyl sites for hydroxylation is 2. The summed E-state index contributed by atoms with van der Waals surface area (Å²) >= 11 is 0. The van der Waals surface area contributed by atoms with Gasteiger partial charge in [-0.15, -0.1) is 0 Å². The van der Waals surface area contributed by atoms with Crippen molar-refractivity contribution in [1.82, 2.24) is 0 Å². The van der Waals surface area contributed by atoms with E-state index in [2.05, 4.69) is 6.07 Å². The molecule has 1 heterocycles. The smallest absolute Gasteiger partial charge is 0.124 e. The van der Waals surface area contributed by atoms with Crippen LogP contribution in [0.25, 0.3) is 0 Å². The summed E-state index contributed by atoms with van der Waals surface area (Å²) < 4.78 is 11.0. The van der Waals surface area contributed by atoms with Crippen LogP contribution < -0.4 is 10.5 Å². The quantitative estimate of drug-likeness (QED) is 0.898. The highest BCUT2D eigenvalue weighted by Crippen LogP contribution is 2.31. The minimum atomic E-state index is -0.217. The van der Waals surface area contributed by atoms with Crippen molar-refractivity contribution < 1.29 is 9.15 Å². The maximum absolute atomic E-state index is 6.32. The van der Waals surface area contributed by atoms with E-state index < -0.39 is 0 Å². The maximum Gasteiger partial charge on any atom is 0.124 e. The van der Waals surface area contributed by atoms with Crippen molar-refractivity contribution >= 4 is 0 Å². The van der Waals surface area contributed by atoms with Crippen molar-refractivity contribution in [3.63, 3.8) is 0 Å². The van der Waals surface area contributed by atoms with Crippen LogP contribution in [0.5, 0.6) is 5.75 Å². The van der Waals surface area contributed by atoms with E-state index in [1.165, 1.54) is 5.56 Å². The Morgan fingerprint density at radius 2 is 2.00 bits per heavy atom. The van der Waals surface area contributed by atoms with Gasteiger partial charge >= 0.3 is 0 Å². The molecule has 18 heavy (non-hydrogen) atoms. The lowest BCUT2D eigenvalue weighted by molar-refractivity contribution is 0.335. The standard InChI is InChI=1S/C15H19NO2/c1-4-17-14-6-5-10(2)9-13(14)15(16)12-7-8-18-11(12)3/h5-9,15H,4,16H2,1-3H3. The minimum Gasteiger partial charge on any atom is -0.494 e. The van der Waals surface area contributed by atoms with Crippen molar-refractivity contribution in [3.05, 3.63) is 53.0 Å². The molecule has 0 spiro atoms. The normalized spacial score (nSPS) is 12.4. The third-order valence-electron chi connectivity index (χ3n) is 3.03. The second-order valence-corrected chi connectivity index (χ2v) is 4.38. The number of ether oxygens (including phenoxy) is 1. The van der Waals surface area contributed by atoms with Gasteiger partial charge in [-0.2, -0.15) is 0 Å². The molecule has 3 nitrogen and oxygen atoms in total. The summed E-state index contributed by atoms with van der Waals surface area (Å²) in [5, 5.41) is 0. The lowest BCUT2D eigenvalue weighted by atomic mass is 9.97. The zero-order valence-electron chi connectivity index (χ0n) is 11.1. The van der Waals surface area contributed by atoms with Crippen LogP contribution in [0, 0.1) is 13.8 Å². The largest absolute Gasteiger partial charge is 0.494 e. The third-order valence-corrected chi connectivity index (χ3v) is 3.03. The average molecular weight is 245 g/mol. The van der Waals surface area contributed by atoms with Gasteiger partial charge in [0.1, 0.15) is 11.5 Å². The molecule has 0 fully saturated rings. The molecule has 0 saturated heterocycles. The van der Waals surface area contributed by atoms with Crippen LogP contribution in [0.3, 0.4) is 0 Å². The Balaban J connectivity index is 2.43. The molecule has 0 saturated carbocycles. The highest BCUT2D eigenvalue weighted by molar-refractivity contribution is 5.44. The fourth-order valence-corrected chi connectivity index (χ4v) is 2.08. The molecule has 0 aliphatic rings. The zero-order valence-corrected chi connectivity index (χ0v) is 11.1. The Labute approximate surface area is 108 Å². The lowest BCUT2D eigenvalue weighted by Gasteiger charge is -2.17. The SMILES string of the molecule is CCOc1ccc(C)cc1C(N)c1ccoc1C. The number of hydrogen-bond donors (Lipinski definition) is 1. The highest BCUT2D eigenvalue weighted by atomic mass is 16.5. The molecule has 2 N–H and O–H groups in total. The van der Waals surface area contributed by atoms with Gasteiger partial charge in [0, 0.05) is 11.1 Å². The van der Waals surface area contributed by atoms with Crippen LogP contribution in [-0.4, -0.2) is 6.61 Å². The number of nitrogens with two attached hydrogens (primary N) is 1. The van der Waals surface area contributed by atoms with Gasteiger partial charge in [0.15, 0.2) is 0 Å². The van der Waals surface area contributed by atoms with Gasteiger partial charge in [-0.25, -0.2) is 0 Å². The molecule has 3 heteroatoms. The molecule has 2 aromatic rings. The van der Waals surface area contributed by atoms with Gasteiger partial charge in [-0.3, -0.25) is 0 Å². The molecule has 0 aliphatic heterocycles. The minimum absolute atomic E-state index is 0.217. The molecule has 0 radical (unpaired) electrons. The lowest BCUT2D eigenvalue weighted by Crippen LogP contribution is -2.14. The number of benzene rings is 1. The molecule has 2 rings (SSSR count). The van der Waals surface area contributed by atoms with E-state index in [4.69, 9.17) is 14.9 Å². The van der Waals surface area contributed by atoms with E-state index in [0.29, 0.717) is 6.61 Å². The predicted octanol–water partition coefficient (Wildman–Crippen LogP) is 3.34. The van der Waals surface area contributed by atoms with E-state index >= 15 is 0 Å².